The molecule has 38 valence electrons. The van der Waals surface area contributed by atoms with Crippen LogP contribution in [-0.4, -0.2) is 17.6 Å². The van der Waals surface area contributed by atoms with Gasteiger partial charge in [-0.2, -0.15) is 0 Å². The normalized spacial score (nSPS) is 5.50. The SMILES string of the molecule is CN[N+](=O)[O-].O. The molecule has 0 bridgehead atoms. The molecular formula is CH6N2O3. The van der Waals surface area contributed by atoms with Crippen LogP contribution in [0.25, 0.3) is 0 Å². The number of nitrogens with one attached hydrogen (secondary N) is 1. The summed E-state index contributed by atoms with van der Waals surface area (Å²) in [6, 6.07) is 0. The third-order valence-electron chi connectivity index (χ3n) is 0.183. The van der Waals surface area contributed by atoms with Crippen LogP contribution in [0.4, 0.5) is 0 Å². The largest absolute Gasteiger partial charge is 0.412 e. The molecule has 0 spiro atoms. The molecule has 0 aromatic rings. The lowest BCUT2D eigenvalue weighted by Crippen LogP contribution is -2.13. The molecule has 0 aliphatic rings. The van der Waals surface area contributed by atoms with Gasteiger partial charge in [-0.05, 0) is 0 Å². The van der Waals surface area contributed by atoms with Gasteiger partial charge in [-0.1, -0.05) is 0 Å². The Labute approximate surface area is 34.4 Å². The van der Waals surface area contributed by atoms with Crippen LogP contribution in [0.1, 0.15) is 0 Å². The van der Waals surface area contributed by atoms with Crippen molar-refractivity contribution >= 4 is 0 Å². The Morgan fingerprint density at radius 2 is 2.00 bits per heavy atom. The molecule has 3 N–H and O–H groups in total. The van der Waals surface area contributed by atoms with E-state index in [4.69, 9.17) is 10.1 Å². The fourth-order valence-electron chi connectivity index (χ4n) is 0. The lowest BCUT2D eigenvalue weighted by Gasteiger charge is -1.76. The molecule has 0 saturated carbocycles. The molecule has 0 aliphatic heterocycles. The van der Waals surface area contributed by atoms with Gasteiger partial charge in [0.1, 0.15) is 0 Å². The van der Waals surface area contributed by atoms with Crippen molar-refractivity contribution in [1.82, 2.24) is 5.43 Å². The molecule has 0 unspecified atom stereocenters. The predicted octanol–water partition coefficient (Wildman–Crippen LogP) is -1.43. The maximum absolute atomic E-state index is 9.06. The summed E-state index contributed by atoms with van der Waals surface area (Å²) in [6.07, 6.45) is 0. The number of hydrazine groups is 1. The summed E-state index contributed by atoms with van der Waals surface area (Å²) >= 11 is 0. The fraction of sp³-hybridized carbons (Fsp3) is 1.00. The Hall–Kier alpha value is -0.840. The maximum atomic E-state index is 9.06. The molecule has 0 rings (SSSR count). The van der Waals surface area contributed by atoms with Crippen LogP contribution in [0.3, 0.4) is 0 Å². The van der Waals surface area contributed by atoms with Crippen molar-refractivity contribution < 1.29 is 10.5 Å². The predicted molar refractivity (Wildman–Crippen MR) is 19.7 cm³/mol. The van der Waals surface area contributed by atoms with Crippen LogP contribution < -0.4 is 5.43 Å². The van der Waals surface area contributed by atoms with Gasteiger partial charge in [-0.25, -0.2) is 10.1 Å². The summed E-state index contributed by atoms with van der Waals surface area (Å²) in [5, 5.41) is 8.44. The van der Waals surface area contributed by atoms with Crippen molar-refractivity contribution in [2.24, 2.45) is 0 Å². The summed E-state index contributed by atoms with van der Waals surface area (Å²) in [6.45, 7) is 0. The Balaban J connectivity index is 0. The van der Waals surface area contributed by atoms with Gasteiger partial charge in [0.15, 0.2) is 5.03 Å². The van der Waals surface area contributed by atoms with Crippen LogP contribution in [-0.2, 0) is 0 Å². The average molecular weight is 94.1 g/mol. The molecule has 0 amide bonds. The summed E-state index contributed by atoms with van der Waals surface area (Å²) in [5.74, 6) is 0. The molecule has 5 nitrogen and oxygen atoms in total. The smallest absolute Gasteiger partial charge is 0.157 e. The van der Waals surface area contributed by atoms with E-state index < -0.39 is 5.03 Å². The number of hydrogen-bond donors (Lipinski definition) is 1. The van der Waals surface area contributed by atoms with Crippen molar-refractivity contribution in [3.63, 3.8) is 0 Å². The molecule has 0 aliphatic carbocycles. The standard InChI is InChI=1S/CH4N2O2.H2O/c1-2-3(4)5;/h2H,1H3;1H2. The number of hydrogen-bond acceptors (Lipinski definition) is 2. The van der Waals surface area contributed by atoms with Crippen molar-refractivity contribution in [2.45, 2.75) is 0 Å². The van der Waals surface area contributed by atoms with E-state index in [1.807, 2.05) is 0 Å². The van der Waals surface area contributed by atoms with Crippen LogP contribution >= 0.6 is 0 Å². The lowest BCUT2D eigenvalue weighted by molar-refractivity contribution is -0.538. The molecule has 0 heterocycles. The van der Waals surface area contributed by atoms with E-state index >= 15 is 0 Å². The third-order valence-corrected chi connectivity index (χ3v) is 0.183. The highest BCUT2D eigenvalue weighted by Crippen LogP contribution is 1.41. The van der Waals surface area contributed by atoms with Gasteiger partial charge in [0.05, 0.1) is 7.05 Å². The van der Waals surface area contributed by atoms with E-state index in [2.05, 4.69) is 0 Å². The van der Waals surface area contributed by atoms with Gasteiger partial charge in [-0.15, -0.1) is 5.43 Å². The van der Waals surface area contributed by atoms with E-state index in [-0.39, 0.29) is 5.48 Å². The van der Waals surface area contributed by atoms with Crippen LogP contribution in [0, 0.1) is 10.1 Å². The van der Waals surface area contributed by atoms with Crippen LogP contribution in [0.2, 0.25) is 0 Å². The molecule has 0 fully saturated rings. The summed E-state index contributed by atoms with van der Waals surface area (Å²) in [4.78, 5) is 9.06. The molecule has 5 heteroatoms. The van der Waals surface area contributed by atoms with Crippen molar-refractivity contribution in [3.05, 3.63) is 10.1 Å². The summed E-state index contributed by atoms with van der Waals surface area (Å²) < 4.78 is 0. The Morgan fingerprint density at radius 1 is 1.83 bits per heavy atom. The number of rotatable bonds is 1. The highest BCUT2D eigenvalue weighted by atomic mass is 16.7. The zero-order chi connectivity index (χ0) is 4.28. The second-order valence-electron chi connectivity index (χ2n) is 0.481. The molecule has 0 saturated heterocycles. The van der Waals surface area contributed by atoms with E-state index in [0.29, 0.717) is 0 Å². The van der Waals surface area contributed by atoms with Crippen LogP contribution in [0.5, 0.6) is 0 Å². The quantitative estimate of drug-likeness (QED) is 0.319. The number of nitrogens with zero attached hydrogens (tertiary/aromatic N) is 1. The summed E-state index contributed by atoms with van der Waals surface area (Å²) in [7, 11) is 1.25. The Bertz CT molecular complexity index is 44.1. The topological polar surface area (TPSA) is 86.7 Å². The average Bonchev–Trinajstić information content (AvgIpc) is 1.38. The van der Waals surface area contributed by atoms with Crippen molar-refractivity contribution in [1.29, 1.82) is 0 Å². The Morgan fingerprint density at radius 3 is 2.00 bits per heavy atom. The minimum atomic E-state index is -0.625. The molecule has 0 atom stereocenters. The van der Waals surface area contributed by atoms with Crippen molar-refractivity contribution in [3.8, 4) is 0 Å². The van der Waals surface area contributed by atoms with Gasteiger partial charge in [0.2, 0.25) is 0 Å². The monoisotopic (exact) mass is 94.0 g/mol. The van der Waals surface area contributed by atoms with Gasteiger partial charge in [0.25, 0.3) is 0 Å². The molecule has 0 radical (unpaired) electrons. The van der Waals surface area contributed by atoms with E-state index in [9.17, 15) is 0 Å². The Kier molecular flexibility index (Phi) is 6.20. The highest BCUT2D eigenvalue weighted by Gasteiger charge is 1.72. The zero-order valence-electron chi connectivity index (χ0n) is 3.26. The highest BCUT2D eigenvalue weighted by molar-refractivity contribution is 3.95. The zero-order valence-corrected chi connectivity index (χ0v) is 3.26. The fourth-order valence-corrected chi connectivity index (χ4v) is 0. The van der Waals surface area contributed by atoms with Crippen LogP contribution in [0.15, 0.2) is 0 Å². The maximum Gasteiger partial charge on any atom is 0.157 e. The first-order chi connectivity index (χ1) is 2.27. The van der Waals surface area contributed by atoms with Gasteiger partial charge in [0, 0.05) is 0 Å². The van der Waals surface area contributed by atoms with E-state index in [0.717, 1.165) is 0 Å². The van der Waals surface area contributed by atoms with E-state index in [1.54, 1.807) is 5.43 Å². The van der Waals surface area contributed by atoms with E-state index in [1.165, 1.54) is 7.05 Å². The second-order valence-corrected chi connectivity index (χ2v) is 0.481. The third kappa shape index (κ3) is 11.0. The van der Waals surface area contributed by atoms with Gasteiger partial charge >= 0.3 is 0 Å². The van der Waals surface area contributed by atoms with Gasteiger partial charge < -0.3 is 5.48 Å². The first-order valence-corrected chi connectivity index (χ1v) is 1.09. The molecule has 0 aromatic heterocycles. The lowest BCUT2D eigenvalue weighted by atomic mass is 11.5. The summed E-state index contributed by atoms with van der Waals surface area (Å²) in [5.41, 5.74) is 1.75. The minimum Gasteiger partial charge on any atom is -0.412 e. The number of nitro groups is 1. The van der Waals surface area contributed by atoms with Crippen molar-refractivity contribution in [2.75, 3.05) is 7.05 Å². The minimum absolute atomic E-state index is 0. The molecular weight excluding hydrogens is 88.0 g/mol. The first kappa shape index (κ1) is 8.94. The van der Waals surface area contributed by atoms with Gasteiger partial charge in [-0.3, -0.25) is 0 Å². The molecule has 0 aromatic carbocycles. The second kappa shape index (κ2) is 4.16. The molecule has 6 heavy (non-hydrogen) atoms. The first-order valence-electron chi connectivity index (χ1n) is 1.09.